The van der Waals surface area contributed by atoms with Gasteiger partial charge >= 0.3 is 24.1 Å². The van der Waals surface area contributed by atoms with E-state index in [2.05, 4.69) is 24.8 Å². The zero-order valence-electron chi connectivity index (χ0n) is 42.7. The Bertz CT molecular complexity index is 1540. The third kappa shape index (κ3) is 16.2. The summed E-state index contributed by atoms with van der Waals surface area (Å²) in [4.78, 5) is 52.5. The van der Waals surface area contributed by atoms with E-state index in [0.717, 1.165) is 68.5 Å². The van der Waals surface area contributed by atoms with Crippen LogP contribution >= 0.6 is 0 Å². The molecule has 0 heterocycles. The number of hydrogen-bond donors (Lipinski definition) is 0. The largest absolute Gasteiger partial charge is 0.508 e. The molecule has 7 aliphatic rings. The van der Waals surface area contributed by atoms with Gasteiger partial charge in [-0.2, -0.15) is 0 Å². The highest BCUT2D eigenvalue weighted by atomic mass is 16.7. The number of rotatable bonds is 18. The van der Waals surface area contributed by atoms with Crippen LogP contribution in [-0.4, -0.2) is 105 Å². The SMILES string of the molecule is COC1CCC(C(=CC2CCC(N(C3CCC(C)CC3)C3CCC(C)CC3)CC2)C2CCC(OC(=O)OC3CCC(C(=O)OCCOCCOC(=O)C4CCC(OC(C)=O)CC4)CC3)CC2)CC1. The van der Waals surface area contributed by atoms with Gasteiger partial charge in [0.25, 0.3) is 0 Å². The Morgan fingerprint density at radius 2 is 0.809 bits per heavy atom. The van der Waals surface area contributed by atoms with Crippen molar-refractivity contribution in [3.05, 3.63) is 11.6 Å². The van der Waals surface area contributed by atoms with Gasteiger partial charge in [0.2, 0.25) is 0 Å². The van der Waals surface area contributed by atoms with E-state index in [9.17, 15) is 19.2 Å². The first-order chi connectivity index (χ1) is 33.0. The maximum atomic E-state index is 13.1. The van der Waals surface area contributed by atoms with E-state index in [0.29, 0.717) is 75.2 Å². The van der Waals surface area contributed by atoms with Crippen molar-refractivity contribution in [2.75, 3.05) is 33.5 Å². The maximum absolute atomic E-state index is 13.1. The topological polar surface area (TPSA) is 136 Å². The molecule has 68 heavy (non-hydrogen) atoms. The van der Waals surface area contributed by atoms with Gasteiger partial charge in [0, 0.05) is 32.2 Å². The van der Waals surface area contributed by atoms with Crippen LogP contribution in [0.15, 0.2) is 11.6 Å². The van der Waals surface area contributed by atoms with Gasteiger partial charge in [-0.05, 0) is 209 Å². The molecule has 12 nitrogen and oxygen atoms in total. The van der Waals surface area contributed by atoms with Gasteiger partial charge in [-0.1, -0.05) is 25.5 Å². The van der Waals surface area contributed by atoms with E-state index >= 15 is 0 Å². The molecule has 0 saturated heterocycles. The lowest BCUT2D eigenvalue weighted by Gasteiger charge is -2.49. The van der Waals surface area contributed by atoms with Crippen LogP contribution in [0.25, 0.3) is 0 Å². The van der Waals surface area contributed by atoms with E-state index in [1.165, 1.54) is 96.8 Å². The second-order valence-electron chi connectivity index (χ2n) is 22.7. The summed E-state index contributed by atoms with van der Waals surface area (Å²) in [6.45, 7) is 7.03. The quantitative estimate of drug-likeness (QED) is 0.0560. The minimum Gasteiger partial charge on any atom is -0.463 e. The van der Waals surface area contributed by atoms with Crippen molar-refractivity contribution < 1.29 is 52.3 Å². The zero-order valence-corrected chi connectivity index (χ0v) is 42.7. The number of ether oxygens (including phenoxy) is 7. The van der Waals surface area contributed by atoms with Crippen molar-refractivity contribution in [1.29, 1.82) is 0 Å². The first-order valence-corrected chi connectivity index (χ1v) is 28.0. The zero-order chi connectivity index (χ0) is 47.8. The molecule has 7 saturated carbocycles. The van der Waals surface area contributed by atoms with Crippen molar-refractivity contribution >= 4 is 24.1 Å². The summed E-state index contributed by atoms with van der Waals surface area (Å²) in [7, 11) is 1.87. The molecule has 0 bridgehead atoms. The molecule has 7 aliphatic carbocycles. The smallest absolute Gasteiger partial charge is 0.463 e. The number of carbonyl (C=O) groups is 4. The maximum Gasteiger partial charge on any atom is 0.508 e. The van der Waals surface area contributed by atoms with Gasteiger partial charge < -0.3 is 33.2 Å². The molecule has 0 aromatic carbocycles. The van der Waals surface area contributed by atoms with Crippen LogP contribution in [0.5, 0.6) is 0 Å². The second kappa shape index (κ2) is 27.2. The molecule has 0 radical (unpaired) electrons. The summed E-state index contributed by atoms with van der Waals surface area (Å²) in [5.74, 6) is 2.45. The van der Waals surface area contributed by atoms with Crippen molar-refractivity contribution in [1.82, 2.24) is 4.90 Å². The van der Waals surface area contributed by atoms with Crippen molar-refractivity contribution in [3.63, 3.8) is 0 Å². The molecule has 0 amide bonds. The van der Waals surface area contributed by atoms with Gasteiger partial charge in [-0.3, -0.25) is 19.3 Å². The number of nitrogens with zero attached hydrogens (tertiary/aromatic N) is 1. The molecule has 0 aromatic heterocycles. The lowest BCUT2D eigenvalue weighted by Crippen LogP contribution is -2.52. The van der Waals surface area contributed by atoms with Crippen molar-refractivity contribution in [2.24, 2.45) is 41.4 Å². The minimum atomic E-state index is -0.570. The summed E-state index contributed by atoms with van der Waals surface area (Å²) >= 11 is 0. The Morgan fingerprint density at radius 1 is 0.441 bits per heavy atom. The highest BCUT2D eigenvalue weighted by Gasteiger charge is 2.39. The fourth-order valence-corrected chi connectivity index (χ4v) is 13.7. The second-order valence-corrected chi connectivity index (χ2v) is 22.7. The average Bonchev–Trinajstić information content (AvgIpc) is 3.35. The van der Waals surface area contributed by atoms with Crippen LogP contribution in [0.3, 0.4) is 0 Å². The Kier molecular flexibility index (Phi) is 21.3. The van der Waals surface area contributed by atoms with E-state index < -0.39 is 6.16 Å². The fraction of sp³-hybridized carbons (Fsp3) is 0.893. The molecule has 12 heteroatoms. The summed E-state index contributed by atoms with van der Waals surface area (Å²) < 4.78 is 39.2. The van der Waals surface area contributed by atoms with E-state index in [1.807, 2.05) is 7.11 Å². The van der Waals surface area contributed by atoms with Crippen LogP contribution in [0, 0.1) is 41.4 Å². The monoisotopic (exact) mass is 954 g/mol. The Labute approximate surface area is 409 Å². The molecule has 386 valence electrons. The van der Waals surface area contributed by atoms with E-state index in [4.69, 9.17) is 33.2 Å². The number of esters is 3. The van der Waals surface area contributed by atoms with Gasteiger partial charge in [0.1, 0.15) is 31.5 Å². The molecule has 7 fully saturated rings. The van der Waals surface area contributed by atoms with Crippen molar-refractivity contribution in [2.45, 2.75) is 243 Å². The van der Waals surface area contributed by atoms with Gasteiger partial charge in [-0.25, -0.2) is 4.79 Å². The van der Waals surface area contributed by atoms with Crippen LogP contribution in [0.1, 0.15) is 201 Å². The highest BCUT2D eigenvalue weighted by molar-refractivity contribution is 5.73. The summed E-state index contributed by atoms with van der Waals surface area (Å²) in [5.41, 5.74) is 1.72. The standard InChI is InChI=1S/C56H91NO11/c1-38-5-19-46(20-6-38)57(47-21-7-39(2)8-22-47)48-23-9-41(10-24-48)37-53(42-11-25-49(62-4)26-12-42)43-13-27-51(28-14-43)67-56(61)68-52-31-17-45(18-32-52)55(60)65-36-34-63-33-35-64-54(59)44-15-29-50(30-16-44)66-40(3)58/h37-39,41-52H,5-36H2,1-4H3. The number of hydrogen-bond acceptors (Lipinski definition) is 12. The first kappa shape index (κ1) is 53.1. The van der Waals surface area contributed by atoms with Crippen LogP contribution in [0.4, 0.5) is 4.79 Å². The summed E-state index contributed by atoms with van der Waals surface area (Å²) in [6, 6.07) is 2.35. The minimum absolute atomic E-state index is 0.114. The fourth-order valence-electron chi connectivity index (χ4n) is 13.7. The van der Waals surface area contributed by atoms with Crippen LogP contribution in [-0.2, 0) is 47.5 Å². The lowest BCUT2D eigenvalue weighted by atomic mass is 9.70. The molecule has 0 unspecified atom stereocenters. The predicted molar refractivity (Wildman–Crippen MR) is 261 cm³/mol. The molecule has 0 aliphatic heterocycles. The van der Waals surface area contributed by atoms with Crippen LogP contribution in [0.2, 0.25) is 0 Å². The molecule has 0 N–H and O–H groups in total. The summed E-state index contributed by atoms with van der Waals surface area (Å²) in [5, 5.41) is 0. The van der Waals surface area contributed by atoms with Gasteiger partial charge in [0.05, 0.1) is 31.2 Å². The lowest BCUT2D eigenvalue weighted by molar-refractivity contribution is -0.154. The number of methoxy groups -OCH3 is 1. The number of allylic oxidation sites excluding steroid dienone is 2. The molecule has 0 atom stereocenters. The third-order valence-electron chi connectivity index (χ3n) is 17.8. The molecule has 0 spiro atoms. The van der Waals surface area contributed by atoms with E-state index in [-0.39, 0.29) is 74.5 Å². The summed E-state index contributed by atoms with van der Waals surface area (Å²) in [6.07, 6.45) is 32.3. The average molecular weight is 954 g/mol. The van der Waals surface area contributed by atoms with E-state index in [1.54, 1.807) is 5.57 Å². The Morgan fingerprint density at radius 3 is 1.21 bits per heavy atom. The highest BCUT2D eigenvalue weighted by Crippen LogP contribution is 2.44. The Hall–Kier alpha value is -2.70. The Balaban J connectivity index is 0.788. The van der Waals surface area contributed by atoms with Gasteiger partial charge in [0.15, 0.2) is 0 Å². The first-order valence-electron chi connectivity index (χ1n) is 28.0. The molecular weight excluding hydrogens is 863 g/mol. The third-order valence-corrected chi connectivity index (χ3v) is 17.8. The molecular formula is C56H91NO11. The van der Waals surface area contributed by atoms with Crippen molar-refractivity contribution in [3.8, 4) is 0 Å². The number of carbonyl (C=O) groups excluding carboxylic acids is 4. The predicted octanol–water partition coefficient (Wildman–Crippen LogP) is 11.6. The molecule has 0 aromatic rings. The van der Waals surface area contributed by atoms with Gasteiger partial charge in [-0.15, -0.1) is 0 Å². The molecule has 7 rings (SSSR count). The van der Waals surface area contributed by atoms with Crippen LogP contribution < -0.4 is 0 Å². The normalized spacial score (nSPS) is 36.3.